The lowest BCUT2D eigenvalue weighted by Crippen LogP contribution is -1.80. The van der Waals surface area contributed by atoms with Crippen LogP contribution in [0.25, 0.3) is 0 Å². The van der Waals surface area contributed by atoms with E-state index in [1.165, 1.54) is 5.56 Å². The van der Waals surface area contributed by atoms with E-state index in [1.54, 1.807) is 18.3 Å². The van der Waals surface area contributed by atoms with E-state index >= 15 is 0 Å². The molecule has 0 aromatic heterocycles. The SMILES string of the molecule is Cc1cccc(/N=C/c2ccccc2O)c1. The number of aromatic hydroxyl groups is 1. The minimum absolute atomic E-state index is 0.249. The summed E-state index contributed by atoms with van der Waals surface area (Å²) < 4.78 is 0. The summed E-state index contributed by atoms with van der Waals surface area (Å²) in [6, 6.07) is 15.1. The molecule has 0 atom stereocenters. The molecule has 0 amide bonds. The highest BCUT2D eigenvalue weighted by molar-refractivity contribution is 5.85. The summed E-state index contributed by atoms with van der Waals surface area (Å²) in [5.74, 6) is 0.249. The van der Waals surface area contributed by atoms with Crippen molar-refractivity contribution in [2.45, 2.75) is 6.92 Å². The number of rotatable bonds is 2. The van der Waals surface area contributed by atoms with Gasteiger partial charge in [0.25, 0.3) is 0 Å². The van der Waals surface area contributed by atoms with Crippen molar-refractivity contribution in [1.82, 2.24) is 0 Å². The molecule has 0 saturated heterocycles. The molecule has 2 nitrogen and oxygen atoms in total. The van der Waals surface area contributed by atoms with Gasteiger partial charge in [0.2, 0.25) is 0 Å². The predicted molar refractivity (Wildman–Crippen MR) is 66.5 cm³/mol. The molecular weight excluding hydrogens is 198 g/mol. The lowest BCUT2D eigenvalue weighted by Gasteiger charge is -1.98. The highest BCUT2D eigenvalue weighted by atomic mass is 16.3. The maximum atomic E-state index is 9.55. The van der Waals surface area contributed by atoms with Crippen LogP contribution in [-0.4, -0.2) is 11.3 Å². The molecule has 0 aliphatic rings. The number of para-hydroxylation sites is 1. The largest absolute Gasteiger partial charge is 0.507 e. The highest BCUT2D eigenvalue weighted by Crippen LogP contribution is 2.16. The van der Waals surface area contributed by atoms with Crippen LogP contribution in [0.3, 0.4) is 0 Å². The molecule has 0 aliphatic heterocycles. The topological polar surface area (TPSA) is 32.6 Å². The summed E-state index contributed by atoms with van der Waals surface area (Å²) in [7, 11) is 0. The molecule has 16 heavy (non-hydrogen) atoms. The Bertz CT molecular complexity index is 518. The van der Waals surface area contributed by atoms with E-state index in [0.29, 0.717) is 0 Å². The van der Waals surface area contributed by atoms with Crippen LogP contribution < -0.4 is 0 Å². The first-order valence-corrected chi connectivity index (χ1v) is 5.14. The second kappa shape index (κ2) is 4.62. The lowest BCUT2D eigenvalue weighted by molar-refractivity contribution is 0.474. The maximum absolute atomic E-state index is 9.55. The fraction of sp³-hybridized carbons (Fsp3) is 0.0714. The molecule has 1 N–H and O–H groups in total. The van der Waals surface area contributed by atoms with Gasteiger partial charge in [-0.25, -0.2) is 0 Å². The van der Waals surface area contributed by atoms with Crippen LogP contribution in [0.5, 0.6) is 5.75 Å². The van der Waals surface area contributed by atoms with E-state index < -0.39 is 0 Å². The summed E-state index contributed by atoms with van der Waals surface area (Å²) in [4.78, 5) is 4.31. The number of aryl methyl sites for hydroxylation is 1. The second-order valence-electron chi connectivity index (χ2n) is 3.66. The third-order valence-corrected chi connectivity index (χ3v) is 2.29. The smallest absolute Gasteiger partial charge is 0.124 e. The second-order valence-corrected chi connectivity index (χ2v) is 3.66. The maximum Gasteiger partial charge on any atom is 0.124 e. The predicted octanol–water partition coefficient (Wildman–Crippen LogP) is 3.45. The average molecular weight is 211 g/mol. The van der Waals surface area contributed by atoms with Crippen LogP contribution in [0.4, 0.5) is 5.69 Å². The number of phenols is 1. The molecule has 0 bridgehead atoms. The lowest BCUT2D eigenvalue weighted by atomic mass is 10.2. The fourth-order valence-corrected chi connectivity index (χ4v) is 1.45. The first kappa shape index (κ1) is 10.4. The van der Waals surface area contributed by atoms with Gasteiger partial charge in [-0.05, 0) is 36.8 Å². The van der Waals surface area contributed by atoms with Gasteiger partial charge in [-0.3, -0.25) is 4.99 Å². The van der Waals surface area contributed by atoms with Gasteiger partial charge in [-0.15, -0.1) is 0 Å². The number of benzene rings is 2. The molecule has 80 valence electrons. The number of hydrogen-bond acceptors (Lipinski definition) is 2. The fourth-order valence-electron chi connectivity index (χ4n) is 1.45. The highest BCUT2D eigenvalue weighted by Gasteiger charge is 1.95. The molecule has 2 heteroatoms. The zero-order chi connectivity index (χ0) is 11.4. The molecule has 0 spiro atoms. The van der Waals surface area contributed by atoms with Crippen molar-refractivity contribution in [2.75, 3.05) is 0 Å². The standard InChI is InChI=1S/C14H13NO/c1-11-5-4-7-13(9-11)15-10-12-6-2-3-8-14(12)16/h2-10,16H,1H3/b15-10+. The number of aliphatic imine (C=N–C) groups is 1. The van der Waals surface area contributed by atoms with Crippen molar-refractivity contribution in [1.29, 1.82) is 0 Å². The van der Waals surface area contributed by atoms with Gasteiger partial charge in [0.1, 0.15) is 5.75 Å². The van der Waals surface area contributed by atoms with Gasteiger partial charge in [-0.2, -0.15) is 0 Å². The first-order chi connectivity index (χ1) is 7.75. The number of phenolic OH excluding ortho intramolecular Hbond substituents is 1. The number of hydrogen-bond donors (Lipinski definition) is 1. The van der Waals surface area contributed by atoms with Crippen molar-refractivity contribution in [3.8, 4) is 5.75 Å². The van der Waals surface area contributed by atoms with Crippen LogP contribution >= 0.6 is 0 Å². The van der Waals surface area contributed by atoms with Gasteiger partial charge >= 0.3 is 0 Å². The molecule has 2 aromatic rings. The minimum atomic E-state index is 0.249. The third kappa shape index (κ3) is 2.48. The third-order valence-electron chi connectivity index (χ3n) is 2.29. The molecule has 2 aromatic carbocycles. The normalized spacial score (nSPS) is 10.8. The Labute approximate surface area is 94.9 Å². The van der Waals surface area contributed by atoms with Gasteiger partial charge < -0.3 is 5.11 Å². The van der Waals surface area contributed by atoms with E-state index in [1.807, 2.05) is 43.3 Å². The first-order valence-electron chi connectivity index (χ1n) is 5.14. The van der Waals surface area contributed by atoms with Crippen molar-refractivity contribution in [3.05, 3.63) is 59.7 Å². The molecule has 0 heterocycles. The zero-order valence-corrected chi connectivity index (χ0v) is 9.09. The Balaban J connectivity index is 2.25. The summed E-state index contributed by atoms with van der Waals surface area (Å²) in [5.41, 5.74) is 2.79. The van der Waals surface area contributed by atoms with Gasteiger partial charge in [0.15, 0.2) is 0 Å². The van der Waals surface area contributed by atoms with Crippen molar-refractivity contribution >= 4 is 11.9 Å². The van der Waals surface area contributed by atoms with E-state index in [-0.39, 0.29) is 5.75 Å². The van der Waals surface area contributed by atoms with Crippen LogP contribution in [0, 0.1) is 6.92 Å². The van der Waals surface area contributed by atoms with Crippen molar-refractivity contribution in [3.63, 3.8) is 0 Å². The summed E-state index contributed by atoms with van der Waals surface area (Å²) in [6.45, 7) is 2.03. The van der Waals surface area contributed by atoms with Crippen molar-refractivity contribution in [2.24, 2.45) is 4.99 Å². The minimum Gasteiger partial charge on any atom is -0.507 e. The van der Waals surface area contributed by atoms with Crippen LogP contribution in [0.1, 0.15) is 11.1 Å². The van der Waals surface area contributed by atoms with E-state index in [2.05, 4.69) is 4.99 Å². The zero-order valence-electron chi connectivity index (χ0n) is 9.09. The average Bonchev–Trinajstić information content (AvgIpc) is 2.28. The van der Waals surface area contributed by atoms with Crippen molar-refractivity contribution < 1.29 is 5.11 Å². The molecule has 0 unspecified atom stereocenters. The molecule has 0 radical (unpaired) electrons. The van der Waals surface area contributed by atoms with Crippen LogP contribution in [0.15, 0.2) is 53.5 Å². The summed E-state index contributed by atoms with van der Waals surface area (Å²) in [6.07, 6.45) is 1.67. The molecule has 0 aliphatic carbocycles. The van der Waals surface area contributed by atoms with Crippen LogP contribution in [-0.2, 0) is 0 Å². The Morgan fingerprint density at radius 1 is 1.06 bits per heavy atom. The Morgan fingerprint density at radius 2 is 1.88 bits per heavy atom. The monoisotopic (exact) mass is 211 g/mol. The molecule has 0 fully saturated rings. The van der Waals surface area contributed by atoms with Gasteiger partial charge in [-0.1, -0.05) is 24.3 Å². The van der Waals surface area contributed by atoms with Crippen LogP contribution in [0.2, 0.25) is 0 Å². The van der Waals surface area contributed by atoms with E-state index in [4.69, 9.17) is 0 Å². The van der Waals surface area contributed by atoms with Gasteiger partial charge in [0, 0.05) is 11.8 Å². The van der Waals surface area contributed by atoms with E-state index in [9.17, 15) is 5.11 Å². The summed E-state index contributed by atoms with van der Waals surface area (Å²) >= 11 is 0. The Morgan fingerprint density at radius 3 is 2.62 bits per heavy atom. The van der Waals surface area contributed by atoms with E-state index in [0.717, 1.165) is 11.3 Å². The Kier molecular flexibility index (Phi) is 3.01. The Hall–Kier alpha value is -2.09. The molecular formula is C14H13NO. The van der Waals surface area contributed by atoms with Gasteiger partial charge in [0.05, 0.1) is 5.69 Å². The summed E-state index contributed by atoms with van der Waals surface area (Å²) in [5, 5.41) is 9.55. The molecule has 0 saturated carbocycles. The molecule has 2 rings (SSSR count). The quantitative estimate of drug-likeness (QED) is 0.758. The number of nitrogens with zero attached hydrogens (tertiary/aromatic N) is 1.